The van der Waals surface area contributed by atoms with Crippen LogP contribution < -0.4 is 4.74 Å². The molecule has 0 N–H and O–H groups in total. The van der Waals surface area contributed by atoms with Gasteiger partial charge in [0.1, 0.15) is 17.2 Å². The average molecular weight is 330 g/mol. The maximum absolute atomic E-state index is 11.7. The number of nitrogens with zero attached hydrogens (tertiary/aromatic N) is 2. The minimum Gasteiger partial charge on any atom is -0.487 e. The van der Waals surface area contributed by atoms with E-state index >= 15 is 0 Å². The normalized spacial score (nSPS) is 23.7. The van der Waals surface area contributed by atoms with Crippen LogP contribution in [0, 0.1) is 0 Å². The van der Waals surface area contributed by atoms with Gasteiger partial charge in [0.25, 0.3) is 0 Å². The second kappa shape index (κ2) is 4.71. The van der Waals surface area contributed by atoms with E-state index in [0.29, 0.717) is 0 Å². The summed E-state index contributed by atoms with van der Waals surface area (Å²) < 4.78 is 31.2. The highest BCUT2D eigenvalue weighted by Gasteiger charge is 2.31. The Labute approximate surface area is 135 Å². The zero-order valence-electron chi connectivity index (χ0n) is 13.1. The predicted molar refractivity (Wildman–Crippen MR) is 88.0 cm³/mol. The van der Waals surface area contributed by atoms with Gasteiger partial charge in [0.15, 0.2) is 9.84 Å². The van der Waals surface area contributed by atoms with Crippen molar-refractivity contribution in [2.24, 2.45) is 0 Å². The van der Waals surface area contributed by atoms with E-state index in [9.17, 15) is 8.42 Å². The van der Waals surface area contributed by atoms with Crippen LogP contribution in [0.2, 0.25) is 0 Å². The Balaban J connectivity index is 1.72. The molecule has 3 heterocycles. The van der Waals surface area contributed by atoms with E-state index in [1.165, 1.54) is 5.41 Å². The molecule has 0 saturated carbocycles. The summed E-state index contributed by atoms with van der Waals surface area (Å²) in [5, 5.41) is 1.29. The Morgan fingerprint density at radius 1 is 1.35 bits per heavy atom. The van der Waals surface area contributed by atoms with Gasteiger partial charge in [-0.2, -0.15) is 0 Å². The number of hydrogen-bond donors (Lipinski definition) is 0. The molecule has 2 aliphatic heterocycles. The largest absolute Gasteiger partial charge is 0.487 e. The molecule has 0 amide bonds. The number of imidazole rings is 1. The Morgan fingerprint density at radius 3 is 2.91 bits per heavy atom. The van der Waals surface area contributed by atoms with Crippen LogP contribution in [-0.2, 0) is 16.3 Å². The minimum absolute atomic E-state index is 0.0947. The van der Waals surface area contributed by atoms with Crippen molar-refractivity contribution in [2.75, 3.05) is 5.75 Å². The molecule has 0 fully saturated rings. The van der Waals surface area contributed by atoms with Gasteiger partial charge in [-0.3, -0.25) is 0 Å². The van der Waals surface area contributed by atoms with E-state index in [4.69, 9.17) is 4.74 Å². The van der Waals surface area contributed by atoms with Crippen molar-refractivity contribution >= 4 is 9.84 Å². The maximum atomic E-state index is 11.7. The first kappa shape index (κ1) is 14.5. The fourth-order valence-electron chi connectivity index (χ4n) is 3.29. The van der Waals surface area contributed by atoms with Gasteiger partial charge in [-0.15, -0.1) is 0 Å². The standard InChI is InChI=1S/C17H18N2O3S/c1-17(2)10-13-9-12(3-4-15(13)22-17)16-18-6-7-19(16)14-5-8-23(20,21)11-14/h3-9,14H,10-11H2,1-2H3/t14-/m0/s1. The third-order valence-corrected chi connectivity index (χ3v) is 5.64. The van der Waals surface area contributed by atoms with Crippen molar-refractivity contribution in [2.45, 2.75) is 31.9 Å². The number of rotatable bonds is 2. The fraction of sp³-hybridized carbons (Fsp3) is 0.353. The molecule has 0 saturated heterocycles. The number of allylic oxidation sites excluding steroid dienone is 1. The molecule has 0 radical (unpaired) electrons. The van der Waals surface area contributed by atoms with Crippen LogP contribution in [0.4, 0.5) is 0 Å². The van der Waals surface area contributed by atoms with Crippen molar-refractivity contribution in [3.8, 4) is 17.1 Å². The van der Waals surface area contributed by atoms with Gasteiger partial charge in [-0.25, -0.2) is 13.4 Å². The van der Waals surface area contributed by atoms with E-state index in [1.54, 1.807) is 12.3 Å². The van der Waals surface area contributed by atoms with Crippen molar-refractivity contribution in [3.63, 3.8) is 0 Å². The number of benzene rings is 1. The van der Waals surface area contributed by atoms with Crippen LogP contribution in [0.15, 0.2) is 42.1 Å². The van der Waals surface area contributed by atoms with Crippen molar-refractivity contribution in [3.05, 3.63) is 47.6 Å². The monoisotopic (exact) mass is 330 g/mol. The third kappa shape index (κ3) is 2.57. The SMILES string of the molecule is CC1(C)Cc2cc(-c3nccn3[C@H]3C=CS(=O)(=O)C3)ccc2O1. The summed E-state index contributed by atoms with van der Waals surface area (Å²) in [6, 6.07) is 5.85. The molecule has 2 aromatic rings. The van der Waals surface area contributed by atoms with Gasteiger partial charge in [0.05, 0.1) is 11.8 Å². The summed E-state index contributed by atoms with van der Waals surface area (Å²) in [6.07, 6.45) is 6.12. The number of fused-ring (bicyclic) bond motifs is 1. The lowest BCUT2D eigenvalue weighted by Gasteiger charge is -2.16. The van der Waals surface area contributed by atoms with Crippen LogP contribution in [-0.4, -0.2) is 29.3 Å². The zero-order chi connectivity index (χ0) is 16.2. The molecule has 6 heteroatoms. The summed E-state index contributed by atoms with van der Waals surface area (Å²) in [4.78, 5) is 4.43. The van der Waals surface area contributed by atoms with Crippen LogP contribution in [0.1, 0.15) is 25.5 Å². The Kier molecular flexibility index (Phi) is 2.97. The van der Waals surface area contributed by atoms with E-state index in [1.807, 2.05) is 22.9 Å². The molecule has 0 unspecified atom stereocenters. The zero-order valence-corrected chi connectivity index (χ0v) is 13.9. The molecule has 1 aromatic heterocycles. The first-order valence-electron chi connectivity index (χ1n) is 7.59. The lowest BCUT2D eigenvalue weighted by atomic mass is 10.00. The molecule has 2 aliphatic rings. The molecule has 5 nitrogen and oxygen atoms in total. The smallest absolute Gasteiger partial charge is 0.173 e. The predicted octanol–water partition coefficient (Wildman–Crippen LogP) is 2.75. The van der Waals surface area contributed by atoms with E-state index in [0.717, 1.165) is 29.1 Å². The number of aromatic nitrogens is 2. The van der Waals surface area contributed by atoms with Crippen LogP contribution >= 0.6 is 0 Å². The summed E-state index contributed by atoms with van der Waals surface area (Å²) >= 11 is 0. The number of sulfone groups is 1. The Morgan fingerprint density at radius 2 is 2.17 bits per heavy atom. The quantitative estimate of drug-likeness (QED) is 0.849. The van der Waals surface area contributed by atoms with Crippen LogP contribution in [0.5, 0.6) is 5.75 Å². The summed E-state index contributed by atoms with van der Waals surface area (Å²) in [7, 11) is -3.09. The Bertz CT molecular complexity index is 910. The van der Waals surface area contributed by atoms with E-state index in [2.05, 4.69) is 24.9 Å². The lowest BCUT2D eigenvalue weighted by Crippen LogP contribution is -2.24. The van der Waals surface area contributed by atoms with Gasteiger partial charge in [0.2, 0.25) is 0 Å². The van der Waals surface area contributed by atoms with Crippen LogP contribution in [0.3, 0.4) is 0 Å². The molecule has 0 spiro atoms. The topological polar surface area (TPSA) is 61.2 Å². The molecule has 0 aliphatic carbocycles. The molecule has 0 bridgehead atoms. The maximum Gasteiger partial charge on any atom is 0.173 e. The highest BCUT2D eigenvalue weighted by molar-refractivity contribution is 7.94. The van der Waals surface area contributed by atoms with Crippen molar-refractivity contribution in [1.29, 1.82) is 0 Å². The van der Waals surface area contributed by atoms with Gasteiger partial charge < -0.3 is 9.30 Å². The van der Waals surface area contributed by atoms with Crippen molar-refractivity contribution in [1.82, 2.24) is 9.55 Å². The summed E-state index contributed by atoms with van der Waals surface area (Å²) in [5.41, 5.74) is 1.96. The van der Waals surface area contributed by atoms with E-state index < -0.39 is 9.84 Å². The lowest BCUT2D eigenvalue weighted by molar-refractivity contribution is 0.138. The van der Waals surface area contributed by atoms with Crippen molar-refractivity contribution < 1.29 is 13.2 Å². The molecular weight excluding hydrogens is 312 g/mol. The second-order valence-electron chi connectivity index (χ2n) is 6.74. The first-order valence-corrected chi connectivity index (χ1v) is 9.31. The second-order valence-corrected chi connectivity index (χ2v) is 8.68. The highest BCUT2D eigenvalue weighted by atomic mass is 32.2. The molecular formula is C17H18N2O3S. The Hall–Kier alpha value is -2.08. The first-order chi connectivity index (χ1) is 10.8. The third-order valence-electron chi connectivity index (χ3n) is 4.26. The molecule has 1 aromatic carbocycles. The molecule has 23 heavy (non-hydrogen) atoms. The molecule has 1 atom stereocenters. The summed E-state index contributed by atoms with van der Waals surface area (Å²) in [6.45, 7) is 4.14. The summed E-state index contributed by atoms with van der Waals surface area (Å²) in [5.74, 6) is 1.79. The average Bonchev–Trinajstić information content (AvgIpc) is 3.12. The fourth-order valence-corrected chi connectivity index (χ4v) is 4.57. The molecule has 4 rings (SSSR count). The van der Waals surface area contributed by atoms with Gasteiger partial charge >= 0.3 is 0 Å². The van der Waals surface area contributed by atoms with E-state index in [-0.39, 0.29) is 17.4 Å². The molecule has 120 valence electrons. The van der Waals surface area contributed by atoms with Crippen LogP contribution in [0.25, 0.3) is 11.4 Å². The van der Waals surface area contributed by atoms with Gasteiger partial charge in [-0.05, 0) is 43.7 Å². The minimum atomic E-state index is -3.09. The highest BCUT2D eigenvalue weighted by Crippen LogP contribution is 2.37. The van der Waals surface area contributed by atoms with Gasteiger partial charge in [-0.1, -0.05) is 0 Å². The number of ether oxygens (including phenoxy) is 1. The number of hydrogen-bond acceptors (Lipinski definition) is 4. The van der Waals surface area contributed by atoms with Gasteiger partial charge in [0, 0.05) is 29.8 Å².